The van der Waals surface area contributed by atoms with E-state index in [1.807, 2.05) is 18.2 Å². The van der Waals surface area contributed by atoms with Crippen LogP contribution in [0, 0.1) is 0 Å². The molecule has 0 radical (unpaired) electrons. The van der Waals surface area contributed by atoms with Gasteiger partial charge in [0.15, 0.2) is 6.61 Å². The molecule has 0 unspecified atom stereocenters. The van der Waals surface area contributed by atoms with Crippen molar-refractivity contribution >= 4 is 35.0 Å². The van der Waals surface area contributed by atoms with E-state index < -0.39 is 6.04 Å². The Morgan fingerprint density at radius 1 is 1.07 bits per heavy atom. The minimum absolute atomic E-state index is 0.201. The first-order valence-electron chi connectivity index (χ1n) is 9.62. The molecule has 7 heteroatoms. The zero-order valence-electron chi connectivity index (χ0n) is 16.7. The first-order valence-corrected chi connectivity index (χ1v) is 10.4. The number of benzene rings is 2. The van der Waals surface area contributed by atoms with E-state index in [4.69, 9.17) is 27.9 Å². The van der Waals surface area contributed by atoms with Gasteiger partial charge < -0.3 is 15.0 Å². The van der Waals surface area contributed by atoms with Crippen LogP contribution in [0.5, 0.6) is 5.75 Å². The van der Waals surface area contributed by atoms with Gasteiger partial charge in [-0.1, -0.05) is 66.9 Å². The third kappa shape index (κ3) is 6.94. The van der Waals surface area contributed by atoms with Crippen molar-refractivity contribution in [2.45, 2.75) is 39.3 Å². The number of carbonyl (C=O) groups is 2. The quantitative estimate of drug-likeness (QED) is 0.548. The normalized spacial score (nSPS) is 11.6. The zero-order valence-corrected chi connectivity index (χ0v) is 18.2. The minimum atomic E-state index is -0.675. The van der Waals surface area contributed by atoms with Crippen LogP contribution in [0.1, 0.15) is 32.3 Å². The Labute approximate surface area is 181 Å². The molecule has 0 aliphatic carbocycles. The van der Waals surface area contributed by atoms with E-state index in [2.05, 4.69) is 12.2 Å². The lowest BCUT2D eigenvalue weighted by Gasteiger charge is -2.29. The number of unbranched alkanes of at least 4 members (excludes halogenated alkanes) is 1. The Morgan fingerprint density at radius 3 is 2.38 bits per heavy atom. The van der Waals surface area contributed by atoms with E-state index in [0.29, 0.717) is 22.3 Å². The molecule has 29 heavy (non-hydrogen) atoms. The van der Waals surface area contributed by atoms with Gasteiger partial charge in [-0.25, -0.2) is 0 Å². The maximum Gasteiger partial charge on any atom is 0.261 e. The maximum absolute atomic E-state index is 13.0. The summed E-state index contributed by atoms with van der Waals surface area (Å²) < 4.78 is 5.59. The molecule has 2 amide bonds. The molecule has 2 rings (SSSR count). The molecule has 0 aliphatic heterocycles. The number of amides is 2. The van der Waals surface area contributed by atoms with Crippen molar-refractivity contribution in [2.24, 2.45) is 0 Å². The number of para-hydroxylation sites is 1. The van der Waals surface area contributed by atoms with Gasteiger partial charge in [0.1, 0.15) is 11.8 Å². The number of carbonyl (C=O) groups excluding carboxylic acids is 2. The van der Waals surface area contributed by atoms with Gasteiger partial charge in [-0.15, -0.1) is 0 Å². The van der Waals surface area contributed by atoms with Crippen LogP contribution in [-0.4, -0.2) is 35.9 Å². The third-order valence-electron chi connectivity index (χ3n) is 4.48. The summed E-state index contributed by atoms with van der Waals surface area (Å²) in [7, 11) is 0. The molecule has 1 N–H and O–H groups in total. The van der Waals surface area contributed by atoms with Crippen molar-refractivity contribution in [3.05, 3.63) is 64.1 Å². The van der Waals surface area contributed by atoms with E-state index >= 15 is 0 Å². The van der Waals surface area contributed by atoms with Gasteiger partial charge in [-0.05, 0) is 37.1 Å². The van der Waals surface area contributed by atoms with Crippen molar-refractivity contribution in [2.75, 3.05) is 13.2 Å². The van der Waals surface area contributed by atoms with Gasteiger partial charge in [-0.3, -0.25) is 9.59 Å². The molecule has 5 nitrogen and oxygen atoms in total. The van der Waals surface area contributed by atoms with Crippen molar-refractivity contribution in [3.8, 4) is 5.75 Å². The van der Waals surface area contributed by atoms with Crippen LogP contribution in [0.2, 0.25) is 10.0 Å². The maximum atomic E-state index is 13.0. The van der Waals surface area contributed by atoms with Crippen LogP contribution in [0.3, 0.4) is 0 Å². The highest BCUT2D eigenvalue weighted by Gasteiger charge is 2.27. The molecule has 0 fully saturated rings. The number of nitrogens with one attached hydrogen (secondary N) is 1. The summed E-state index contributed by atoms with van der Waals surface area (Å²) >= 11 is 12.4. The molecule has 0 aliphatic rings. The largest absolute Gasteiger partial charge is 0.482 e. The fourth-order valence-corrected chi connectivity index (χ4v) is 3.10. The molecule has 0 aromatic heterocycles. The lowest BCUT2D eigenvalue weighted by atomic mass is 10.1. The fraction of sp³-hybridized carbons (Fsp3) is 0.364. The summed E-state index contributed by atoms with van der Waals surface area (Å²) in [6.07, 6.45) is 1.86. The van der Waals surface area contributed by atoms with Gasteiger partial charge in [0.2, 0.25) is 5.91 Å². The second-order valence-electron chi connectivity index (χ2n) is 6.65. The van der Waals surface area contributed by atoms with Crippen LogP contribution in [0.15, 0.2) is 48.5 Å². The Hall–Kier alpha value is -2.24. The van der Waals surface area contributed by atoms with Gasteiger partial charge in [0.25, 0.3) is 5.91 Å². The van der Waals surface area contributed by atoms with E-state index in [1.165, 1.54) is 4.90 Å². The lowest BCUT2D eigenvalue weighted by molar-refractivity contribution is -0.142. The van der Waals surface area contributed by atoms with Crippen molar-refractivity contribution in [1.82, 2.24) is 10.2 Å². The standard InChI is InChI=1S/C22H26Cl2N2O3/c1-3-4-13-25-22(28)16(2)26(14-17-9-5-6-10-18(17)23)21(27)15-29-20-12-8-7-11-19(20)24/h5-12,16H,3-4,13-15H2,1-2H3,(H,25,28)/t16-/m1/s1. The number of ether oxygens (including phenoxy) is 1. The second-order valence-corrected chi connectivity index (χ2v) is 7.47. The molecule has 0 heterocycles. The van der Waals surface area contributed by atoms with Crippen LogP contribution in [0.4, 0.5) is 0 Å². The summed E-state index contributed by atoms with van der Waals surface area (Å²) in [5.41, 5.74) is 0.758. The van der Waals surface area contributed by atoms with Gasteiger partial charge in [0, 0.05) is 18.1 Å². The number of halogens is 2. The van der Waals surface area contributed by atoms with E-state index in [1.54, 1.807) is 37.3 Å². The minimum Gasteiger partial charge on any atom is -0.482 e. The van der Waals surface area contributed by atoms with Gasteiger partial charge in [0.05, 0.1) is 5.02 Å². The highest BCUT2D eigenvalue weighted by molar-refractivity contribution is 6.32. The topological polar surface area (TPSA) is 58.6 Å². The summed E-state index contributed by atoms with van der Waals surface area (Å²) in [5.74, 6) is -0.125. The summed E-state index contributed by atoms with van der Waals surface area (Å²) in [4.78, 5) is 27.0. The fourth-order valence-electron chi connectivity index (χ4n) is 2.71. The van der Waals surface area contributed by atoms with Crippen molar-refractivity contribution in [1.29, 1.82) is 0 Å². The molecule has 0 bridgehead atoms. The van der Waals surface area contributed by atoms with Crippen LogP contribution >= 0.6 is 23.2 Å². The van der Waals surface area contributed by atoms with Crippen LogP contribution in [-0.2, 0) is 16.1 Å². The third-order valence-corrected chi connectivity index (χ3v) is 5.16. The molecule has 2 aromatic rings. The average Bonchev–Trinajstić information content (AvgIpc) is 2.72. The molecule has 1 atom stereocenters. The van der Waals surface area contributed by atoms with Crippen LogP contribution in [0.25, 0.3) is 0 Å². The first kappa shape index (κ1) is 23.0. The average molecular weight is 437 g/mol. The van der Waals surface area contributed by atoms with Crippen LogP contribution < -0.4 is 10.1 Å². The summed E-state index contributed by atoms with van der Waals surface area (Å²) in [6, 6.07) is 13.5. The van der Waals surface area contributed by atoms with Crippen molar-refractivity contribution in [3.63, 3.8) is 0 Å². The molecule has 0 saturated carbocycles. The monoisotopic (exact) mass is 436 g/mol. The Kier molecular flexibility index (Phi) is 9.29. The Balaban J connectivity index is 2.14. The highest BCUT2D eigenvalue weighted by atomic mass is 35.5. The number of rotatable bonds is 10. The molecular weight excluding hydrogens is 411 g/mol. The lowest BCUT2D eigenvalue weighted by Crippen LogP contribution is -2.49. The van der Waals surface area contributed by atoms with Gasteiger partial charge in [-0.2, -0.15) is 0 Å². The Bertz CT molecular complexity index is 829. The summed E-state index contributed by atoms with van der Waals surface area (Å²) in [6.45, 7) is 4.29. The zero-order chi connectivity index (χ0) is 21.2. The van der Waals surface area contributed by atoms with E-state index in [0.717, 1.165) is 18.4 Å². The molecule has 0 saturated heterocycles. The molecule has 0 spiro atoms. The van der Waals surface area contributed by atoms with E-state index in [-0.39, 0.29) is 25.0 Å². The van der Waals surface area contributed by atoms with E-state index in [9.17, 15) is 9.59 Å². The Morgan fingerprint density at radius 2 is 1.72 bits per heavy atom. The smallest absolute Gasteiger partial charge is 0.261 e. The molecule has 2 aromatic carbocycles. The SMILES string of the molecule is CCCCNC(=O)[C@@H](C)N(Cc1ccccc1Cl)C(=O)COc1ccccc1Cl. The summed E-state index contributed by atoms with van der Waals surface area (Å²) in [5, 5.41) is 3.83. The predicted molar refractivity (Wildman–Crippen MR) is 116 cm³/mol. The van der Waals surface area contributed by atoms with Gasteiger partial charge >= 0.3 is 0 Å². The predicted octanol–water partition coefficient (Wildman–Crippen LogP) is 4.71. The first-order chi connectivity index (χ1) is 13.9. The molecule has 156 valence electrons. The van der Waals surface area contributed by atoms with Crippen molar-refractivity contribution < 1.29 is 14.3 Å². The number of hydrogen-bond acceptors (Lipinski definition) is 3. The number of nitrogens with zero attached hydrogens (tertiary/aromatic N) is 1. The molecular formula is C22H26Cl2N2O3. The highest BCUT2D eigenvalue weighted by Crippen LogP contribution is 2.23. The second kappa shape index (κ2) is 11.7. The number of hydrogen-bond donors (Lipinski definition) is 1.